The van der Waals surface area contributed by atoms with Crippen LogP contribution in [0.1, 0.15) is 20.8 Å². The van der Waals surface area contributed by atoms with E-state index in [-0.39, 0.29) is 28.7 Å². The van der Waals surface area contributed by atoms with Gasteiger partial charge in [-0.3, -0.25) is 4.79 Å². The van der Waals surface area contributed by atoms with E-state index in [0.29, 0.717) is 0 Å². The van der Waals surface area contributed by atoms with Crippen molar-refractivity contribution in [3.8, 4) is 5.75 Å². The third kappa shape index (κ3) is 8.27. The van der Waals surface area contributed by atoms with Gasteiger partial charge in [0.25, 0.3) is 0 Å². The highest BCUT2D eigenvalue weighted by molar-refractivity contribution is 7.97. The monoisotopic (exact) mass is 676 g/mol. The lowest BCUT2D eigenvalue weighted by atomic mass is 9.91. The van der Waals surface area contributed by atoms with E-state index in [2.05, 4.69) is 60.7 Å². The number of carbonyl (C=O) groups excluding carboxylic acids is 1. The zero-order valence-corrected chi connectivity index (χ0v) is 24.7. The number of hydrogen-bond acceptors (Lipinski definition) is 5. The molecule has 0 fully saturated rings. The van der Waals surface area contributed by atoms with Gasteiger partial charge in [-0.05, 0) is 48.5 Å². The van der Waals surface area contributed by atoms with Crippen molar-refractivity contribution in [1.82, 2.24) is 0 Å². The molecule has 0 aliphatic rings. The molecule has 0 saturated heterocycles. The first-order valence-corrected chi connectivity index (χ1v) is 14.8. The number of alkyl halides is 9. The van der Waals surface area contributed by atoms with Gasteiger partial charge in [-0.15, -0.1) is 0 Å². The third-order valence-electron chi connectivity index (χ3n) is 5.65. The van der Waals surface area contributed by atoms with E-state index in [1.807, 2.05) is 45.0 Å². The Morgan fingerprint density at radius 1 is 0.682 bits per heavy atom. The van der Waals surface area contributed by atoms with E-state index < -0.39 is 33.4 Å². The van der Waals surface area contributed by atoms with Crippen LogP contribution in [0.5, 0.6) is 5.75 Å². The van der Waals surface area contributed by atoms with Crippen LogP contribution < -0.4 is 4.74 Å². The summed E-state index contributed by atoms with van der Waals surface area (Å²) in [5, 5.41) is -7.11. The Hall–Kier alpha value is -3.24. The van der Waals surface area contributed by atoms with E-state index >= 15 is 0 Å². The summed E-state index contributed by atoms with van der Waals surface area (Å²) in [7, 11) is -7.59. The summed E-state index contributed by atoms with van der Waals surface area (Å²) in [6, 6.07) is 29.2. The van der Waals surface area contributed by atoms with E-state index in [1.165, 1.54) is 14.7 Å². The number of benzene rings is 3. The van der Waals surface area contributed by atoms with Crippen molar-refractivity contribution in [3.05, 3.63) is 84.9 Å². The summed E-state index contributed by atoms with van der Waals surface area (Å²) in [4.78, 5) is 15.8. The van der Waals surface area contributed by atoms with E-state index in [4.69, 9.17) is 4.74 Å². The average Bonchev–Trinajstić information content (AvgIpc) is 2.92. The van der Waals surface area contributed by atoms with Gasteiger partial charge in [-0.2, -0.15) is 39.5 Å². The number of rotatable bonds is 9. The van der Waals surface area contributed by atoms with Gasteiger partial charge in [0.05, 0.1) is 10.9 Å². The molecule has 3 rings (SSSR count). The topological polar surface area (TPSA) is 83.5 Å². The second kappa shape index (κ2) is 13.4. The molecule has 16 heteroatoms. The summed E-state index contributed by atoms with van der Waals surface area (Å²) in [5.74, 6) is -14.0. The molecule has 0 aromatic heterocycles. The quantitative estimate of drug-likeness (QED) is 0.132. The summed E-state index contributed by atoms with van der Waals surface area (Å²) >= 11 is 0. The summed E-state index contributed by atoms with van der Waals surface area (Å²) in [6.07, 6.45) is -7.16. The zero-order valence-electron chi connectivity index (χ0n) is 23.0. The van der Waals surface area contributed by atoms with Crippen molar-refractivity contribution in [1.29, 1.82) is 0 Å². The second-order valence-corrected chi connectivity index (χ2v) is 13.4. The highest BCUT2D eigenvalue weighted by Crippen LogP contribution is 2.54. The highest BCUT2D eigenvalue weighted by Gasteiger charge is 2.83. The molecule has 0 amide bonds. The normalized spacial score (nSPS) is 13.2. The molecule has 3 aromatic rings. The van der Waals surface area contributed by atoms with Crippen LogP contribution in [0, 0.1) is 5.41 Å². The predicted molar refractivity (Wildman–Crippen MR) is 142 cm³/mol. The Balaban J connectivity index is 0.000000345. The number of ketones is 1. The molecule has 0 atom stereocenters. The maximum atomic E-state index is 12.2. The van der Waals surface area contributed by atoms with Crippen molar-refractivity contribution >= 4 is 26.8 Å². The number of halogens is 9. The smallest absolute Gasteiger partial charge is 0.460 e. The standard InChI is InChI=1S/C24H25O2S.C4HF9O3S/c1-24(2,3)23(25)18-26-19-14-16-22(17-15-19)27(20-10-6-4-7-11-20)21-12-8-5-9-13-21;5-1(6,3(9,10)11)2(7,8)4(12,13)17(14,15)16/h4-17H,18H2,1-3H3;(H,14,15,16)/q+1;/p-1. The Labute approximate surface area is 250 Å². The molecule has 0 radical (unpaired) electrons. The Morgan fingerprint density at radius 3 is 1.41 bits per heavy atom. The van der Waals surface area contributed by atoms with Gasteiger partial charge in [0.15, 0.2) is 30.6 Å². The molecule has 3 aromatic carbocycles. The van der Waals surface area contributed by atoms with Gasteiger partial charge < -0.3 is 9.29 Å². The lowest BCUT2D eigenvalue weighted by molar-refractivity contribution is -0.382. The van der Waals surface area contributed by atoms with Gasteiger partial charge >= 0.3 is 23.3 Å². The van der Waals surface area contributed by atoms with Crippen LogP contribution in [-0.4, -0.2) is 48.6 Å². The van der Waals surface area contributed by atoms with Crippen molar-refractivity contribution in [3.63, 3.8) is 0 Å². The first-order chi connectivity index (χ1) is 19.9. The Morgan fingerprint density at radius 2 is 1.07 bits per heavy atom. The van der Waals surface area contributed by atoms with E-state index in [0.717, 1.165) is 5.75 Å². The SMILES string of the molecule is CC(C)(C)C(=O)COc1ccc([S+](c2ccccc2)c2ccccc2)cc1.O=S(=O)([O-])C(F)(F)C(F)(F)C(F)(F)C(F)(F)F. The molecule has 0 spiro atoms. The molecule has 5 nitrogen and oxygen atoms in total. The summed E-state index contributed by atoms with van der Waals surface area (Å²) in [6.45, 7) is 5.83. The van der Waals surface area contributed by atoms with Crippen LogP contribution in [0.2, 0.25) is 0 Å². The minimum absolute atomic E-state index is 0.0971. The van der Waals surface area contributed by atoms with Crippen molar-refractivity contribution in [2.24, 2.45) is 5.41 Å². The minimum Gasteiger partial charge on any atom is -0.743 e. The van der Waals surface area contributed by atoms with Crippen molar-refractivity contribution in [2.75, 3.05) is 6.61 Å². The second-order valence-electron chi connectivity index (χ2n) is 9.98. The first kappa shape index (κ1) is 36.9. The van der Waals surface area contributed by atoms with Gasteiger partial charge in [-0.1, -0.05) is 57.2 Å². The van der Waals surface area contributed by atoms with Crippen LogP contribution >= 0.6 is 0 Å². The maximum Gasteiger partial charge on any atom is 0.460 e. The van der Waals surface area contributed by atoms with Crippen LogP contribution in [-0.2, 0) is 25.8 Å². The molecular formula is C28H25F9O5S2. The summed E-state index contributed by atoms with van der Waals surface area (Å²) in [5.41, 5.74) is -0.382. The summed E-state index contributed by atoms with van der Waals surface area (Å²) < 4.78 is 141. The van der Waals surface area contributed by atoms with Gasteiger partial charge in [0.1, 0.15) is 12.4 Å². The van der Waals surface area contributed by atoms with Gasteiger partial charge in [0.2, 0.25) is 0 Å². The molecule has 0 aliphatic heterocycles. The fourth-order valence-electron chi connectivity index (χ4n) is 3.08. The van der Waals surface area contributed by atoms with Crippen LogP contribution in [0.15, 0.2) is 99.6 Å². The Kier molecular flexibility index (Phi) is 11.3. The fourth-order valence-corrected chi connectivity index (χ4v) is 5.60. The minimum atomic E-state index is -7.43. The van der Waals surface area contributed by atoms with Crippen molar-refractivity contribution in [2.45, 2.75) is 58.7 Å². The lowest BCUT2D eigenvalue weighted by Gasteiger charge is -2.34. The molecule has 0 bridgehead atoms. The number of hydrogen-bond donors (Lipinski definition) is 0. The Bertz CT molecular complexity index is 1450. The van der Waals surface area contributed by atoms with Gasteiger partial charge in [-0.25, -0.2) is 8.42 Å². The first-order valence-electron chi connectivity index (χ1n) is 12.2. The van der Waals surface area contributed by atoms with Crippen LogP contribution in [0.25, 0.3) is 0 Å². The number of ether oxygens (including phenoxy) is 1. The zero-order chi connectivity index (χ0) is 33.8. The molecule has 0 N–H and O–H groups in total. The number of Topliss-reactive ketones (excluding diaryl/α,β-unsaturated/α-hetero) is 1. The van der Waals surface area contributed by atoms with Crippen LogP contribution in [0.4, 0.5) is 39.5 Å². The largest absolute Gasteiger partial charge is 0.743 e. The van der Waals surface area contributed by atoms with Crippen molar-refractivity contribution < 1.29 is 62.0 Å². The maximum absolute atomic E-state index is 12.2. The number of carbonyl (C=O) groups is 1. The van der Waals surface area contributed by atoms with E-state index in [9.17, 15) is 57.3 Å². The van der Waals surface area contributed by atoms with Gasteiger partial charge in [0, 0.05) is 5.41 Å². The average molecular weight is 677 g/mol. The fraction of sp³-hybridized carbons (Fsp3) is 0.321. The van der Waals surface area contributed by atoms with E-state index in [1.54, 1.807) is 0 Å². The third-order valence-corrected chi connectivity index (χ3v) is 8.77. The molecule has 44 heavy (non-hydrogen) atoms. The van der Waals surface area contributed by atoms with Crippen LogP contribution in [0.3, 0.4) is 0 Å². The lowest BCUT2D eigenvalue weighted by Crippen LogP contribution is -2.63. The molecule has 242 valence electrons. The molecule has 0 unspecified atom stereocenters. The molecular weight excluding hydrogens is 651 g/mol. The highest BCUT2D eigenvalue weighted by atomic mass is 32.2. The molecule has 0 saturated carbocycles. The molecule has 0 heterocycles. The predicted octanol–water partition coefficient (Wildman–Crippen LogP) is 7.73. The molecule has 0 aliphatic carbocycles.